The largest absolute Gasteiger partial charge is 0.383 e. The molecule has 1 aliphatic carbocycles. The minimum absolute atomic E-state index is 0.0663. The summed E-state index contributed by atoms with van der Waals surface area (Å²) in [5.41, 5.74) is 14.6. The van der Waals surface area contributed by atoms with E-state index in [0.717, 1.165) is 32.0 Å². The van der Waals surface area contributed by atoms with Crippen molar-refractivity contribution >= 4 is 34.3 Å². The van der Waals surface area contributed by atoms with Crippen LogP contribution in [0.25, 0.3) is 16.6 Å². The number of fused-ring (bicyclic) bond motifs is 1. The third kappa shape index (κ3) is 5.23. The van der Waals surface area contributed by atoms with Gasteiger partial charge in [-0.15, -0.1) is 0 Å². The van der Waals surface area contributed by atoms with Crippen LogP contribution in [0.4, 0.5) is 24.5 Å². The van der Waals surface area contributed by atoms with Gasteiger partial charge in [0.25, 0.3) is 6.43 Å². The summed E-state index contributed by atoms with van der Waals surface area (Å²) < 4.78 is 42.6. The van der Waals surface area contributed by atoms with Gasteiger partial charge >= 0.3 is 0 Å². The molecule has 4 aromatic rings. The molecule has 12 heteroatoms. The summed E-state index contributed by atoms with van der Waals surface area (Å²) in [7, 11) is 0. The van der Waals surface area contributed by atoms with Crippen molar-refractivity contribution in [2.45, 2.75) is 44.2 Å². The van der Waals surface area contributed by atoms with Crippen molar-refractivity contribution < 1.29 is 13.2 Å². The Morgan fingerprint density at radius 3 is 2.70 bits per heavy atom. The number of nitrogens with two attached hydrogens (primary N) is 2. The first-order valence-electron chi connectivity index (χ1n) is 11.7. The van der Waals surface area contributed by atoms with Crippen LogP contribution in [0.1, 0.15) is 43.4 Å². The molecule has 0 bridgehead atoms. The van der Waals surface area contributed by atoms with Crippen LogP contribution in [0.15, 0.2) is 54.2 Å². The first kappa shape index (κ1) is 25.0. The van der Waals surface area contributed by atoms with Gasteiger partial charge in [-0.05, 0) is 43.9 Å². The van der Waals surface area contributed by atoms with Crippen LogP contribution in [0.3, 0.4) is 0 Å². The lowest BCUT2D eigenvalue weighted by Crippen LogP contribution is -2.33. The Kier molecular flexibility index (Phi) is 6.98. The molecule has 0 spiro atoms. The van der Waals surface area contributed by atoms with Gasteiger partial charge < -0.3 is 16.8 Å². The second-order valence-electron chi connectivity index (χ2n) is 8.96. The number of hydrogen-bond donors (Lipinski definition) is 3. The molecule has 3 heterocycles. The lowest BCUT2D eigenvalue weighted by atomic mass is 9.91. The summed E-state index contributed by atoms with van der Waals surface area (Å²) in [5.74, 6) is -0.436. The second-order valence-corrected chi connectivity index (χ2v) is 9.37. The van der Waals surface area contributed by atoms with Crippen molar-refractivity contribution in [1.29, 1.82) is 0 Å². The van der Waals surface area contributed by atoms with Crippen LogP contribution in [0.2, 0.25) is 5.02 Å². The van der Waals surface area contributed by atoms with E-state index in [-0.39, 0.29) is 39.9 Å². The van der Waals surface area contributed by atoms with E-state index in [4.69, 9.17) is 23.1 Å². The van der Waals surface area contributed by atoms with E-state index >= 15 is 0 Å². The molecule has 0 amide bonds. The first-order valence-corrected chi connectivity index (χ1v) is 12.1. The molecule has 0 saturated heterocycles. The lowest BCUT2D eigenvalue weighted by molar-refractivity contribution is 0.146. The van der Waals surface area contributed by atoms with Crippen LogP contribution in [-0.2, 0) is 0 Å². The maximum atomic E-state index is 13.8. The summed E-state index contributed by atoms with van der Waals surface area (Å²) in [6.07, 6.45) is 6.23. The van der Waals surface area contributed by atoms with Gasteiger partial charge in [0.2, 0.25) is 0 Å². The predicted molar refractivity (Wildman–Crippen MR) is 137 cm³/mol. The Balaban J connectivity index is 1.63. The topological polar surface area (TPSA) is 120 Å². The first-order chi connectivity index (χ1) is 17.8. The van der Waals surface area contributed by atoms with E-state index < -0.39 is 12.2 Å². The zero-order valence-corrected chi connectivity index (χ0v) is 20.3. The van der Waals surface area contributed by atoms with E-state index in [1.165, 1.54) is 30.6 Å². The molecule has 192 valence electrons. The van der Waals surface area contributed by atoms with E-state index in [2.05, 4.69) is 25.4 Å². The van der Waals surface area contributed by atoms with E-state index in [1.54, 1.807) is 16.8 Å². The van der Waals surface area contributed by atoms with E-state index in [9.17, 15) is 13.2 Å². The molecule has 5 N–H and O–H groups in total. The zero-order chi connectivity index (χ0) is 26.1. The van der Waals surface area contributed by atoms with Gasteiger partial charge in [0, 0.05) is 41.7 Å². The molecule has 1 aromatic carbocycles. The number of aliphatic imine (C=N–C) groups is 1. The molecular weight excluding hydrogens is 505 g/mol. The minimum atomic E-state index is -2.77. The monoisotopic (exact) mass is 528 g/mol. The predicted octanol–water partition coefficient (Wildman–Crippen LogP) is 5.24. The highest BCUT2D eigenvalue weighted by molar-refractivity contribution is 6.33. The highest BCUT2D eigenvalue weighted by Gasteiger charge is 2.23. The van der Waals surface area contributed by atoms with E-state index in [0.29, 0.717) is 22.3 Å². The van der Waals surface area contributed by atoms with Crippen LogP contribution in [0.5, 0.6) is 0 Å². The fourth-order valence-corrected chi connectivity index (χ4v) is 4.67. The molecule has 1 saturated carbocycles. The normalized spacial score (nSPS) is 18.5. The molecule has 8 nitrogen and oxygen atoms in total. The van der Waals surface area contributed by atoms with Crippen molar-refractivity contribution in [2.24, 2.45) is 16.5 Å². The molecule has 0 unspecified atom stereocenters. The number of rotatable bonds is 6. The second kappa shape index (κ2) is 10.3. The number of nitrogens with zero attached hydrogens (tertiary/aromatic N) is 5. The summed E-state index contributed by atoms with van der Waals surface area (Å²) in [4.78, 5) is 12.0. The van der Waals surface area contributed by atoms with Gasteiger partial charge in [0.1, 0.15) is 23.7 Å². The van der Waals surface area contributed by atoms with E-state index in [1.807, 2.05) is 0 Å². The highest BCUT2D eigenvalue weighted by Crippen LogP contribution is 2.34. The van der Waals surface area contributed by atoms with Gasteiger partial charge in [-0.25, -0.2) is 32.6 Å². The Hall–Kier alpha value is -3.70. The number of nitrogens with one attached hydrogen (secondary N) is 1. The number of benzene rings is 1. The van der Waals surface area contributed by atoms with Crippen LogP contribution in [-0.4, -0.2) is 37.5 Å². The van der Waals surface area contributed by atoms with Crippen molar-refractivity contribution in [3.05, 3.63) is 71.3 Å². The van der Waals surface area contributed by atoms with Crippen LogP contribution in [0, 0.1) is 5.82 Å². The number of hydrogen-bond acceptors (Lipinski definition) is 6. The Morgan fingerprint density at radius 1 is 1.16 bits per heavy atom. The molecule has 37 heavy (non-hydrogen) atoms. The zero-order valence-electron chi connectivity index (χ0n) is 19.6. The van der Waals surface area contributed by atoms with Gasteiger partial charge in [-0.1, -0.05) is 11.6 Å². The molecular formula is C25H24ClF3N8. The molecule has 5 rings (SSSR count). The van der Waals surface area contributed by atoms with Gasteiger partial charge in [-0.2, -0.15) is 5.10 Å². The third-order valence-electron chi connectivity index (χ3n) is 6.44. The Bertz CT molecular complexity index is 1460. The average molecular weight is 529 g/mol. The fraction of sp³-hybridized carbons (Fsp3) is 0.280. The van der Waals surface area contributed by atoms with Gasteiger partial charge in [0.05, 0.1) is 33.7 Å². The van der Waals surface area contributed by atoms with Crippen LogP contribution < -0.4 is 16.8 Å². The Labute approximate surface area is 215 Å². The minimum Gasteiger partial charge on any atom is -0.383 e. The maximum Gasteiger partial charge on any atom is 0.281 e. The van der Waals surface area contributed by atoms with Crippen LogP contribution >= 0.6 is 11.6 Å². The molecule has 3 aromatic heterocycles. The molecule has 0 atom stereocenters. The summed E-state index contributed by atoms with van der Waals surface area (Å²) >= 11 is 6.19. The SMILES string of the molecule is NC(=Nc1cc(F)ccc1Cl)c1cnn2cc(-c3cncnc3C(F)F)cc2c1N[C@H]1CC[C@H](N)CC1. The van der Waals surface area contributed by atoms with Crippen molar-refractivity contribution in [1.82, 2.24) is 19.6 Å². The molecule has 1 aliphatic rings. The maximum absolute atomic E-state index is 13.8. The van der Waals surface area contributed by atoms with Crippen molar-refractivity contribution in [3.63, 3.8) is 0 Å². The average Bonchev–Trinajstić information content (AvgIpc) is 3.32. The summed E-state index contributed by atoms with van der Waals surface area (Å²) in [5, 5.41) is 8.21. The lowest BCUT2D eigenvalue weighted by Gasteiger charge is -2.28. The number of amidine groups is 1. The Morgan fingerprint density at radius 2 is 1.95 bits per heavy atom. The number of alkyl halides is 2. The molecule has 0 radical (unpaired) electrons. The van der Waals surface area contributed by atoms with Gasteiger partial charge in [-0.3, -0.25) is 0 Å². The highest BCUT2D eigenvalue weighted by atomic mass is 35.5. The van der Waals surface area contributed by atoms with Crippen molar-refractivity contribution in [2.75, 3.05) is 5.32 Å². The van der Waals surface area contributed by atoms with Gasteiger partial charge in [0.15, 0.2) is 0 Å². The summed E-state index contributed by atoms with van der Waals surface area (Å²) in [6.45, 7) is 0. The quantitative estimate of drug-likeness (QED) is 0.232. The number of anilines is 1. The molecule has 1 fully saturated rings. The number of aromatic nitrogens is 4. The van der Waals surface area contributed by atoms with Crippen molar-refractivity contribution in [3.8, 4) is 11.1 Å². The number of halogens is 4. The molecule has 0 aliphatic heterocycles. The standard InChI is InChI=1S/C25H24ClF3N8/c26-19-6-1-14(27)8-20(19)36-25(31)18-10-34-37-11-13(17-9-32-12-33-23(17)24(28)29)7-21(37)22(18)35-16-4-2-15(30)3-5-16/h1,6-12,15-16,24,35H,2-5,30H2,(H2,31,36)/t15-,16-. The summed E-state index contributed by atoms with van der Waals surface area (Å²) in [6, 6.07) is 5.80. The fourth-order valence-electron chi connectivity index (χ4n) is 4.51. The third-order valence-corrected chi connectivity index (χ3v) is 6.76. The smallest absolute Gasteiger partial charge is 0.281 e.